The molecule has 6 heteroatoms. The maximum Gasteiger partial charge on any atom is 0.267 e. The summed E-state index contributed by atoms with van der Waals surface area (Å²) in [6.45, 7) is 1.89. The van der Waals surface area contributed by atoms with Crippen molar-refractivity contribution in [2.45, 2.75) is 18.9 Å². The van der Waals surface area contributed by atoms with Crippen LogP contribution in [0, 0.1) is 0 Å². The number of nitrogens with one attached hydrogen (secondary N) is 3. The highest BCUT2D eigenvalue weighted by atomic mass is 35.5. The highest BCUT2D eigenvalue weighted by Crippen LogP contribution is 2.28. The molecule has 1 aromatic carbocycles. The van der Waals surface area contributed by atoms with E-state index in [-0.39, 0.29) is 11.9 Å². The van der Waals surface area contributed by atoms with Gasteiger partial charge in [0.1, 0.15) is 5.69 Å². The van der Waals surface area contributed by atoms with Crippen LogP contribution in [0.1, 0.15) is 23.3 Å². The minimum Gasteiger partial charge on any atom is -0.350 e. The van der Waals surface area contributed by atoms with Gasteiger partial charge in [-0.2, -0.15) is 0 Å². The number of carbonyl (C=O) groups is 1. The van der Waals surface area contributed by atoms with E-state index in [2.05, 4.69) is 15.6 Å². The average molecular weight is 312 g/mol. The zero-order valence-corrected chi connectivity index (χ0v) is 12.3. The van der Waals surface area contributed by atoms with Gasteiger partial charge < -0.3 is 15.6 Å². The number of benzene rings is 1. The smallest absolute Gasteiger partial charge is 0.267 e. The molecule has 0 bridgehead atoms. The monoisotopic (exact) mass is 311 g/mol. The first-order chi connectivity index (χ1) is 9.63. The Balaban J connectivity index is 1.82. The molecule has 20 heavy (non-hydrogen) atoms. The zero-order chi connectivity index (χ0) is 14.1. The summed E-state index contributed by atoms with van der Waals surface area (Å²) in [7, 11) is 0. The Kier molecular flexibility index (Phi) is 3.87. The van der Waals surface area contributed by atoms with Gasteiger partial charge in [-0.25, -0.2) is 0 Å². The molecular weight excluding hydrogens is 297 g/mol. The molecule has 3 rings (SSSR count). The number of aromatic amines is 1. The van der Waals surface area contributed by atoms with Crippen molar-refractivity contribution in [3.63, 3.8) is 0 Å². The number of hydrogen-bond acceptors (Lipinski definition) is 2. The first-order valence-corrected chi connectivity index (χ1v) is 7.38. The largest absolute Gasteiger partial charge is 0.350 e. The molecule has 2 heterocycles. The van der Waals surface area contributed by atoms with Crippen LogP contribution in [-0.4, -0.2) is 30.0 Å². The molecule has 1 aliphatic rings. The minimum atomic E-state index is -0.0970. The van der Waals surface area contributed by atoms with Crippen LogP contribution in [0.25, 0.3) is 10.9 Å². The molecule has 0 atom stereocenters. The van der Waals surface area contributed by atoms with Gasteiger partial charge in [0.05, 0.1) is 5.02 Å². The van der Waals surface area contributed by atoms with E-state index in [1.165, 1.54) is 0 Å². The molecule has 0 radical (unpaired) electrons. The normalized spacial score (nSPS) is 16.5. The highest BCUT2D eigenvalue weighted by molar-refractivity contribution is 6.38. The summed E-state index contributed by atoms with van der Waals surface area (Å²) in [6, 6.07) is 5.44. The van der Waals surface area contributed by atoms with Crippen LogP contribution in [0.3, 0.4) is 0 Å². The molecule has 106 valence electrons. The van der Waals surface area contributed by atoms with Crippen LogP contribution in [0.2, 0.25) is 10.0 Å². The van der Waals surface area contributed by atoms with E-state index in [0.717, 1.165) is 36.8 Å². The maximum atomic E-state index is 12.2. The fraction of sp³-hybridized carbons (Fsp3) is 0.357. The summed E-state index contributed by atoms with van der Waals surface area (Å²) in [5.74, 6) is -0.0970. The van der Waals surface area contributed by atoms with Crippen LogP contribution >= 0.6 is 23.2 Å². The third-order valence-corrected chi connectivity index (χ3v) is 4.10. The number of hydrogen-bond donors (Lipinski definition) is 3. The molecule has 0 unspecified atom stereocenters. The Labute approximate surface area is 126 Å². The number of halogens is 2. The van der Waals surface area contributed by atoms with Crippen LogP contribution in [-0.2, 0) is 0 Å². The molecule has 0 aliphatic carbocycles. The lowest BCUT2D eigenvalue weighted by molar-refractivity contribution is 0.0925. The van der Waals surface area contributed by atoms with Crippen molar-refractivity contribution >= 4 is 40.0 Å². The van der Waals surface area contributed by atoms with Crippen molar-refractivity contribution in [2.75, 3.05) is 13.1 Å². The first-order valence-electron chi connectivity index (χ1n) is 6.63. The molecule has 2 aromatic rings. The summed E-state index contributed by atoms with van der Waals surface area (Å²) in [5, 5.41) is 8.22. The van der Waals surface area contributed by atoms with E-state index in [1.54, 1.807) is 18.2 Å². The molecule has 1 aliphatic heterocycles. The minimum absolute atomic E-state index is 0.0970. The van der Waals surface area contributed by atoms with Gasteiger partial charge in [0.15, 0.2) is 0 Å². The fourth-order valence-electron chi connectivity index (χ4n) is 2.51. The van der Waals surface area contributed by atoms with Gasteiger partial charge in [-0.05, 0) is 44.1 Å². The van der Waals surface area contributed by atoms with Gasteiger partial charge in [0.25, 0.3) is 5.91 Å². The molecular formula is C14H15Cl2N3O. The molecule has 1 amide bonds. The number of carbonyl (C=O) groups excluding carboxylic acids is 1. The Morgan fingerprint density at radius 3 is 2.70 bits per heavy atom. The van der Waals surface area contributed by atoms with Crippen LogP contribution in [0.15, 0.2) is 18.2 Å². The number of aromatic nitrogens is 1. The van der Waals surface area contributed by atoms with Crippen LogP contribution in [0.5, 0.6) is 0 Å². The van der Waals surface area contributed by atoms with Crippen molar-refractivity contribution in [3.8, 4) is 0 Å². The summed E-state index contributed by atoms with van der Waals surface area (Å²) in [4.78, 5) is 15.3. The van der Waals surface area contributed by atoms with Crippen LogP contribution < -0.4 is 10.6 Å². The summed E-state index contributed by atoms with van der Waals surface area (Å²) in [5.41, 5.74) is 1.29. The first kappa shape index (κ1) is 13.7. The highest BCUT2D eigenvalue weighted by Gasteiger charge is 2.18. The Hall–Kier alpha value is -1.23. The van der Waals surface area contributed by atoms with E-state index < -0.39 is 0 Å². The predicted octanol–water partition coefficient (Wildman–Crippen LogP) is 2.96. The van der Waals surface area contributed by atoms with Crippen molar-refractivity contribution in [1.82, 2.24) is 15.6 Å². The van der Waals surface area contributed by atoms with Crippen molar-refractivity contribution < 1.29 is 4.79 Å². The Morgan fingerprint density at radius 2 is 1.95 bits per heavy atom. The maximum absolute atomic E-state index is 12.2. The van der Waals surface area contributed by atoms with E-state index in [1.807, 2.05) is 0 Å². The fourth-order valence-corrected chi connectivity index (χ4v) is 3.06. The van der Waals surface area contributed by atoms with Crippen molar-refractivity contribution in [1.29, 1.82) is 0 Å². The van der Waals surface area contributed by atoms with Crippen LogP contribution in [0.4, 0.5) is 0 Å². The van der Waals surface area contributed by atoms with Gasteiger partial charge in [-0.1, -0.05) is 23.2 Å². The second-order valence-electron chi connectivity index (χ2n) is 5.03. The molecule has 1 aromatic heterocycles. The van der Waals surface area contributed by atoms with E-state index >= 15 is 0 Å². The van der Waals surface area contributed by atoms with Crippen molar-refractivity contribution in [2.24, 2.45) is 0 Å². The van der Waals surface area contributed by atoms with Gasteiger partial charge in [-0.3, -0.25) is 4.79 Å². The number of fused-ring (bicyclic) bond motifs is 1. The number of rotatable bonds is 2. The van der Waals surface area contributed by atoms with Gasteiger partial charge in [-0.15, -0.1) is 0 Å². The lowest BCUT2D eigenvalue weighted by atomic mass is 10.1. The SMILES string of the molecule is O=C(NC1CCNCC1)c1cc2c(Cl)cc(Cl)cc2[nH]1. The molecule has 1 fully saturated rings. The second-order valence-corrected chi connectivity index (χ2v) is 5.87. The quantitative estimate of drug-likeness (QED) is 0.798. The molecule has 3 N–H and O–H groups in total. The summed E-state index contributed by atoms with van der Waals surface area (Å²) >= 11 is 12.1. The lowest BCUT2D eigenvalue weighted by Gasteiger charge is -2.23. The van der Waals surface area contributed by atoms with Crippen molar-refractivity contribution in [3.05, 3.63) is 33.9 Å². The third-order valence-electron chi connectivity index (χ3n) is 3.57. The zero-order valence-electron chi connectivity index (χ0n) is 10.8. The predicted molar refractivity (Wildman–Crippen MR) is 81.7 cm³/mol. The molecule has 1 saturated heterocycles. The second kappa shape index (κ2) is 5.64. The van der Waals surface area contributed by atoms with E-state index in [9.17, 15) is 4.79 Å². The van der Waals surface area contributed by atoms with Gasteiger partial charge in [0, 0.05) is 22.0 Å². The number of amides is 1. The standard InChI is InChI=1S/C14H15Cl2N3O/c15-8-5-11(16)10-7-13(19-12(10)6-8)14(20)18-9-1-3-17-4-2-9/h5-7,9,17,19H,1-4H2,(H,18,20). The summed E-state index contributed by atoms with van der Waals surface area (Å²) in [6.07, 6.45) is 1.91. The van der Waals surface area contributed by atoms with E-state index in [0.29, 0.717) is 15.7 Å². The third kappa shape index (κ3) is 2.77. The molecule has 0 saturated carbocycles. The average Bonchev–Trinajstić information content (AvgIpc) is 2.84. The van der Waals surface area contributed by atoms with E-state index in [4.69, 9.17) is 23.2 Å². The Bertz CT molecular complexity index is 647. The topological polar surface area (TPSA) is 56.9 Å². The molecule has 4 nitrogen and oxygen atoms in total. The van der Waals surface area contributed by atoms with Gasteiger partial charge in [0.2, 0.25) is 0 Å². The Morgan fingerprint density at radius 1 is 1.20 bits per heavy atom. The summed E-state index contributed by atoms with van der Waals surface area (Å²) < 4.78 is 0. The lowest BCUT2D eigenvalue weighted by Crippen LogP contribution is -2.42. The molecule has 0 spiro atoms. The number of H-pyrrole nitrogens is 1. The van der Waals surface area contributed by atoms with Gasteiger partial charge >= 0.3 is 0 Å². The number of piperidine rings is 1.